The molecule has 0 radical (unpaired) electrons. The summed E-state index contributed by atoms with van der Waals surface area (Å²) in [7, 11) is -3.04. The second-order valence-corrected chi connectivity index (χ2v) is 8.04. The van der Waals surface area contributed by atoms with Crippen LogP contribution in [0.5, 0.6) is 0 Å². The summed E-state index contributed by atoms with van der Waals surface area (Å²) in [6.07, 6.45) is 0.656. The quantitative estimate of drug-likeness (QED) is 0.751. The molecule has 1 rings (SSSR count). The van der Waals surface area contributed by atoms with Gasteiger partial charge in [-0.25, -0.2) is 8.42 Å². The van der Waals surface area contributed by atoms with E-state index in [1.807, 2.05) is 0 Å². The molecule has 18 heavy (non-hydrogen) atoms. The van der Waals surface area contributed by atoms with Gasteiger partial charge in [0.05, 0.1) is 11.0 Å². The number of carbonyl (C=O) groups excluding carboxylic acids is 1. The molecule has 5 heteroatoms. The van der Waals surface area contributed by atoms with Gasteiger partial charge in [0.2, 0.25) is 0 Å². The summed E-state index contributed by atoms with van der Waals surface area (Å²) in [5, 5.41) is -0.375. The Hall–Kier alpha value is -0.680. The van der Waals surface area contributed by atoms with Crippen LogP contribution in [0.1, 0.15) is 37.0 Å². The summed E-state index contributed by atoms with van der Waals surface area (Å²) in [6.45, 7) is 3.32. The van der Waals surface area contributed by atoms with Crippen molar-refractivity contribution in [3.05, 3.63) is 34.3 Å². The molecule has 0 saturated carbocycles. The zero-order chi connectivity index (χ0) is 13.8. The van der Waals surface area contributed by atoms with Gasteiger partial charge in [0, 0.05) is 16.5 Å². The molecule has 0 amide bonds. The highest BCUT2D eigenvalue weighted by molar-refractivity contribution is 9.10. The average Bonchev–Trinajstić information content (AvgIpc) is 2.29. The summed E-state index contributed by atoms with van der Waals surface area (Å²) >= 11 is 3.30. The first-order chi connectivity index (χ1) is 8.33. The van der Waals surface area contributed by atoms with Gasteiger partial charge in [0.15, 0.2) is 15.6 Å². The van der Waals surface area contributed by atoms with Crippen LogP contribution in [0.15, 0.2) is 28.7 Å². The van der Waals surface area contributed by atoms with E-state index in [4.69, 9.17) is 0 Å². The van der Waals surface area contributed by atoms with E-state index in [1.165, 1.54) is 0 Å². The molecule has 0 bridgehead atoms. The van der Waals surface area contributed by atoms with E-state index in [2.05, 4.69) is 15.9 Å². The zero-order valence-corrected chi connectivity index (χ0v) is 12.9. The van der Waals surface area contributed by atoms with E-state index in [1.54, 1.807) is 38.1 Å². The number of sulfone groups is 1. The predicted octanol–water partition coefficient (Wildman–Crippen LogP) is 3.24. The Morgan fingerprint density at radius 1 is 1.22 bits per heavy atom. The highest BCUT2D eigenvalue weighted by Crippen LogP contribution is 2.13. The number of benzene rings is 1. The summed E-state index contributed by atoms with van der Waals surface area (Å²) < 4.78 is 24.1. The number of halogens is 1. The Balaban J connectivity index is 2.50. The first-order valence-corrected chi connectivity index (χ1v) is 8.34. The maximum absolute atomic E-state index is 11.8. The lowest BCUT2D eigenvalue weighted by Gasteiger charge is -2.07. The van der Waals surface area contributed by atoms with Gasteiger partial charge in [-0.3, -0.25) is 4.79 Å². The van der Waals surface area contributed by atoms with E-state index in [0.29, 0.717) is 12.0 Å². The molecule has 3 nitrogen and oxygen atoms in total. The molecular formula is C13H17BrO3S. The third-order valence-corrected chi connectivity index (χ3v) is 5.54. The summed E-state index contributed by atoms with van der Waals surface area (Å²) in [4.78, 5) is 11.8. The first-order valence-electron chi connectivity index (χ1n) is 5.83. The van der Waals surface area contributed by atoms with E-state index in [9.17, 15) is 13.2 Å². The lowest BCUT2D eigenvalue weighted by molar-refractivity contribution is 0.0982. The molecule has 0 aromatic heterocycles. The molecule has 1 aromatic carbocycles. The van der Waals surface area contributed by atoms with Crippen LogP contribution in [0.25, 0.3) is 0 Å². The summed E-state index contributed by atoms with van der Waals surface area (Å²) in [5.74, 6) is 0.0638. The molecular weight excluding hydrogens is 316 g/mol. The van der Waals surface area contributed by atoms with Crippen LogP contribution in [-0.4, -0.2) is 25.2 Å². The highest BCUT2D eigenvalue weighted by Gasteiger charge is 2.16. The molecule has 100 valence electrons. The van der Waals surface area contributed by atoms with Gasteiger partial charge in [-0.05, 0) is 32.4 Å². The Bertz CT molecular complexity index is 504. The summed E-state index contributed by atoms with van der Waals surface area (Å²) in [6, 6.07) is 7.09. The van der Waals surface area contributed by atoms with Crippen molar-refractivity contribution < 1.29 is 13.2 Å². The summed E-state index contributed by atoms with van der Waals surface area (Å²) in [5.41, 5.74) is 0.625. The molecule has 0 unspecified atom stereocenters. The standard InChI is InChI=1S/C13H17BrO3S/c1-10(2)18(16,17)9-3-4-13(15)11-5-7-12(14)8-6-11/h5-8,10H,3-4,9H2,1-2H3. The van der Waals surface area contributed by atoms with Crippen LogP contribution in [-0.2, 0) is 9.84 Å². The van der Waals surface area contributed by atoms with Gasteiger partial charge in [-0.15, -0.1) is 0 Å². The molecule has 0 spiro atoms. The molecule has 0 N–H and O–H groups in total. The van der Waals surface area contributed by atoms with Crippen molar-refractivity contribution >= 4 is 31.6 Å². The fourth-order valence-electron chi connectivity index (χ4n) is 1.45. The van der Waals surface area contributed by atoms with Crippen LogP contribution in [0.4, 0.5) is 0 Å². The smallest absolute Gasteiger partial charge is 0.162 e. The molecule has 0 heterocycles. The second-order valence-electron chi connectivity index (χ2n) is 4.45. The van der Waals surface area contributed by atoms with E-state index < -0.39 is 9.84 Å². The largest absolute Gasteiger partial charge is 0.294 e. The van der Waals surface area contributed by atoms with Crippen molar-refractivity contribution in [1.82, 2.24) is 0 Å². The number of hydrogen-bond donors (Lipinski definition) is 0. The third kappa shape index (κ3) is 4.53. The first kappa shape index (κ1) is 15.4. The van der Waals surface area contributed by atoms with Crippen LogP contribution in [0.2, 0.25) is 0 Å². The predicted molar refractivity (Wildman–Crippen MR) is 76.6 cm³/mol. The number of carbonyl (C=O) groups is 1. The molecule has 0 atom stereocenters. The monoisotopic (exact) mass is 332 g/mol. The minimum atomic E-state index is -3.04. The van der Waals surface area contributed by atoms with Gasteiger partial charge >= 0.3 is 0 Å². The molecule has 0 saturated heterocycles. The lowest BCUT2D eigenvalue weighted by atomic mass is 10.1. The lowest BCUT2D eigenvalue weighted by Crippen LogP contribution is -2.18. The van der Waals surface area contributed by atoms with Gasteiger partial charge in [-0.2, -0.15) is 0 Å². The minimum absolute atomic E-state index is 0.0125. The molecule has 0 aliphatic carbocycles. The fourth-order valence-corrected chi connectivity index (χ4v) is 2.73. The number of ketones is 1. The highest BCUT2D eigenvalue weighted by atomic mass is 79.9. The van der Waals surface area contributed by atoms with Crippen LogP contribution >= 0.6 is 15.9 Å². The maximum Gasteiger partial charge on any atom is 0.162 e. The molecule has 0 aliphatic rings. The van der Waals surface area contributed by atoms with Crippen molar-refractivity contribution in [1.29, 1.82) is 0 Å². The number of hydrogen-bond acceptors (Lipinski definition) is 3. The van der Waals surface area contributed by atoms with Crippen molar-refractivity contribution in [3.8, 4) is 0 Å². The number of Topliss-reactive ketones (excluding diaryl/α,β-unsaturated/α-hetero) is 1. The van der Waals surface area contributed by atoms with E-state index in [-0.39, 0.29) is 23.2 Å². The normalized spacial score (nSPS) is 11.8. The van der Waals surface area contributed by atoms with Crippen molar-refractivity contribution in [2.75, 3.05) is 5.75 Å². The second kappa shape index (κ2) is 6.48. The van der Waals surface area contributed by atoms with Gasteiger partial charge < -0.3 is 0 Å². The van der Waals surface area contributed by atoms with Gasteiger partial charge in [0.25, 0.3) is 0 Å². The SMILES string of the molecule is CC(C)S(=O)(=O)CCCC(=O)c1ccc(Br)cc1. The van der Waals surface area contributed by atoms with E-state index >= 15 is 0 Å². The van der Waals surface area contributed by atoms with Gasteiger partial charge in [-0.1, -0.05) is 28.1 Å². The minimum Gasteiger partial charge on any atom is -0.294 e. The molecule has 1 aromatic rings. The topological polar surface area (TPSA) is 51.2 Å². The van der Waals surface area contributed by atoms with Crippen LogP contribution in [0.3, 0.4) is 0 Å². The fraction of sp³-hybridized carbons (Fsp3) is 0.462. The Morgan fingerprint density at radius 3 is 2.28 bits per heavy atom. The van der Waals surface area contributed by atoms with Gasteiger partial charge in [0.1, 0.15) is 0 Å². The van der Waals surface area contributed by atoms with Crippen LogP contribution in [0, 0.1) is 0 Å². The van der Waals surface area contributed by atoms with Crippen molar-refractivity contribution in [3.63, 3.8) is 0 Å². The Morgan fingerprint density at radius 2 is 1.78 bits per heavy atom. The Kier molecular flexibility index (Phi) is 5.53. The van der Waals surface area contributed by atoms with E-state index in [0.717, 1.165) is 4.47 Å². The molecule has 0 aliphatic heterocycles. The Labute approximate surface area is 117 Å². The van der Waals surface area contributed by atoms with Crippen molar-refractivity contribution in [2.24, 2.45) is 0 Å². The third-order valence-electron chi connectivity index (χ3n) is 2.72. The van der Waals surface area contributed by atoms with Crippen LogP contribution < -0.4 is 0 Å². The zero-order valence-electron chi connectivity index (χ0n) is 10.5. The maximum atomic E-state index is 11.8. The average molecular weight is 333 g/mol. The molecule has 0 fully saturated rings. The number of rotatable bonds is 6. The van der Waals surface area contributed by atoms with Crippen molar-refractivity contribution in [2.45, 2.75) is 31.9 Å².